The van der Waals surface area contributed by atoms with Gasteiger partial charge >= 0.3 is 5.97 Å². The Morgan fingerprint density at radius 3 is 2.71 bits per heavy atom. The highest BCUT2D eigenvalue weighted by molar-refractivity contribution is 5.75. The fourth-order valence-electron chi connectivity index (χ4n) is 2.16. The molecule has 0 saturated heterocycles. The number of rotatable bonds is 9. The van der Waals surface area contributed by atoms with Crippen molar-refractivity contribution in [2.75, 3.05) is 7.11 Å². The molecule has 0 aliphatic heterocycles. The van der Waals surface area contributed by atoms with Crippen molar-refractivity contribution in [1.82, 2.24) is 20.3 Å². The van der Waals surface area contributed by atoms with Gasteiger partial charge < -0.3 is 15.2 Å². The summed E-state index contributed by atoms with van der Waals surface area (Å²) in [7, 11) is 1.62. The summed E-state index contributed by atoms with van der Waals surface area (Å²) in [5.41, 5.74) is 1.68. The van der Waals surface area contributed by atoms with E-state index in [-0.39, 0.29) is 19.0 Å². The van der Waals surface area contributed by atoms with Crippen LogP contribution >= 0.6 is 0 Å². The molecule has 0 spiro atoms. The maximum atomic E-state index is 11.8. The van der Waals surface area contributed by atoms with Crippen molar-refractivity contribution >= 4 is 11.9 Å². The van der Waals surface area contributed by atoms with Gasteiger partial charge in [-0.2, -0.15) is 0 Å². The van der Waals surface area contributed by atoms with Crippen LogP contribution in [-0.2, 0) is 29.1 Å². The van der Waals surface area contributed by atoms with Crippen LogP contribution in [0.25, 0.3) is 0 Å². The Kier molecular flexibility index (Phi) is 6.30. The van der Waals surface area contributed by atoms with E-state index < -0.39 is 5.97 Å². The van der Waals surface area contributed by atoms with Gasteiger partial charge in [-0.3, -0.25) is 9.59 Å². The molecule has 0 aliphatic carbocycles. The third-order valence-corrected chi connectivity index (χ3v) is 3.38. The zero-order valence-electron chi connectivity index (χ0n) is 13.4. The summed E-state index contributed by atoms with van der Waals surface area (Å²) in [6.45, 7) is -0.0101. The molecule has 1 heterocycles. The zero-order valence-corrected chi connectivity index (χ0v) is 13.4. The summed E-state index contributed by atoms with van der Waals surface area (Å²) in [4.78, 5) is 22.4. The molecule has 1 aromatic carbocycles. The number of carboxylic acids is 1. The van der Waals surface area contributed by atoms with Crippen molar-refractivity contribution in [3.05, 3.63) is 41.7 Å². The highest BCUT2D eigenvalue weighted by atomic mass is 16.5. The number of ether oxygens (including phenoxy) is 1. The van der Waals surface area contributed by atoms with E-state index in [4.69, 9.17) is 9.84 Å². The molecule has 0 aliphatic rings. The van der Waals surface area contributed by atoms with Crippen molar-refractivity contribution < 1.29 is 19.4 Å². The SMILES string of the molecule is COc1ccc(CCCC(=O)NCc2cn(CC(=O)O)nn2)cc1. The molecule has 0 saturated carbocycles. The lowest BCUT2D eigenvalue weighted by molar-refractivity contribution is -0.138. The minimum absolute atomic E-state index is 0.0729. The Balaban J connectivity index is 1.67. The summed E-state index contributed by atoms with van der Waals surface area (Å²) < 4.78 is 6.32. The average Bonchev–Trinajstić information content (AvgIpc) is 3.00. The van der Waals surface area contributed by atoms with Gasteiger partial charge in [0.05, 0.1) is 19.9 Å². The lowest BCUT2D eigenvalue weighted by Crippen LogP contribution is -2.22. The zero-order chi connectivity index (χ0) is 17.4. The van der Waals surface area contributed by atoms with Crippen LogP contribution in [-0.4, -0.2) is 39.1 Å². The summed E-state index contributed by atoms with van der Waals surface area (Å²) in [5.74, 6) is -0.252. The van der Waals surface area contributed by atoms with Crippen molar-refractivity contribution in [2.24, 2.45) is 0 Å². The monoisotopic (exact) mass is 332 g/mol. The second kappa shape index (κ2) is 8.66. The van der Waals surface area contributed by atoms with Crippen molar-refractivity contribution in [1.29, 1.82) is 0 Å². The number of carbonyl (C=O) groups is 2. The van der Waals surface area contributed by atoms with Gasteiger partial charge in [-0.25, -0.2) is 4.68 Å². The minimum Gasteiger partial charge on any atom is -0.497 e. The number of aliphatic carboxylic acids is 1. The van der Waals surface area contributed by atoms with E-state index in [0.717, 1.165) is 24.2 Å². The largest absolute Gasteiger partial charge is 0.497 e. The standard InChI is InChI=1S/C16H20N4O4/c1-24-14-7-5-12(6-8-14)3-2-4-15(21)17-9-13-10-20(19-18-13)11-16(22)23/h5-8,10H,2-4,9,11H2,1H3,(H,17,21)(H,22,23). The molecular weight excluding hydrogens is 312 g/mol. The topological polar surface area (TPSA) is 106 Å². The Hall–Kier alpha value is -2.90. The van der Waals surface area contributed by atoms with Gasteiger partial charge in [-0.15, -0.1) is 5.10 Å². The number of nitrogens with zero attached hydrogens (tertiary/aromatic N) is 3. The van der Waals surface area contributed by atoms with Gasteiger partial charge in [-0.1, -0.05) is 17.3 Å². The van der Waals surface area contributed by atoms with Crippen LogP contribution in [0, 0.1) is 0 Å². The fraction of sp³-hybridized carbons (Fsp3) is 0.375. The van der Waals surface area contributed by atoms with E-state index in [1.807, 2.05) is 24.3 Å². The first-order valence-corrected chi connectivity index (χ1v) is 7.57. The first-order chi connectivity index (χ1) is 11.6. The number of aryl methyl sites for hydroxylation is 1. The Labute approximate surface area is 139 Å². The quantitative estimate of drug-likeness (QED) is 0.710. The Bertz CT molecular complexity index is 682. The van der Waals surface area contributed by atoms with Crippen molar-refractivity contribution in [3.8, 4) is 5.75 Å². The number of aromatic nitrogens is 3. The molecule has 0 fully saturated rings. The summed E-state index contributed by atoms with van der Waals surface area (Å²) in [6.07, 6.45) is 3.47. The lowest BCUT2D eigenvalue weighted by Gasteiger charge is -2.04. The molecule has 0 radical (unpaired) electrons. The maximum absolute atomic E-state index is 11.8. The third kappa shape index (κ3) is 5.71. The van der Waals surface area contributed by atoms with Gasteiger partial charge in [0.1, 0.15) is 18.0 Å². The molecule has 0 atom stereocenters. The van der Waals surface area contributed by atoms with Crippen LogP contribution < -0.4 is 10.1 Å². The van der Waals surface area contributed by atoms with Crippen LogP contribution in [0.5, 0.6) is 5.75 Å². The van der Waals surface area contributed by atoms with Crippen molar-refractivity contribution in [2.45, 2.75) is 32.4 Å². The smallest absolute Gasteiger partial charge is 0.325 e. The van der Waals surface area contributed by atoms with Gasteiger partial charge in [0.15, 0.2) is 0 Å². The molecule has 2 N–H and O–H groups in total. The predicted octanol–water partition coefficient (Wildman–Crippen LogP) is 1.01. The van der Waals surface area contributed by atoms with Gasteiger partial charge in [0.2, 0.25) is 5.91 Å². The maximum Gasteiger partial charge on any atom is 0.325 e. The van der Waals surface area contributed by atoms with Crippen LogP contribution in [0.1, 0.15) is 24.1 Å². The number of carbonyl (C=O) groups excluding carboxylic acids is 1. The molecule has 8 heteroatoms. The van der Waals surface area contributed by atoms with Crippen LogP contribution in [0.4, 0.5) is 0 Å². The molecule has 2 rings (SSSR count). The number of amides is 1. The average molecular weight is 332 g/mol. The fourth-order valence-corrected chi connectivity index (χ4v) is 2.16. The van der Waals surface area contributed by atoms with E-state index in [1.165, 1.54) is 10.9 Å². The molecule has 0 bridgehead atoms. The predicted molar refractivity (Wildman–Crippen MR) is 85.4 cm³/mol. The number of nitrogens with one attached hydrogen (secondary N) is 1. The first-order valence-electron chi connectivity index (χ1n) is 7.57. The second-order valence-corrected chi connectivity index (χ2v) is 5.28. The van der Waals surface area contributed by atoms with Crippen LogP contribution in [0.2, 0.25) is 0 Å². The molecule has 1 aromatic heterocycles. The molecule has 2 aromatic rings. The van der Waals surface area contributed by atoms with E-state index in [0.29, 0.717) is 12.1 Å². The number of methoxy groups -OCH3 is 1. The Morgan fingerprint density at radius 2 is 2.04 bits per heavy atom. The van der Waals surface area contributed by atoms with Gasteiger partial charge in [0.25, 0.3) is 0 Å². The number of hydrogen-bond donors (Lipinski definition) is 2. The minimum atomic E-state index is -0.992. The summed E-state index contributed by atoms with van der Waals surface area (Å²) in [6, 6.07) is 7.76. The number of carboxylic acid groups (broad SMARTS) is 1. The Morgan fingerprint density at radius 1 is 1.29 bits per heavy atom. The molecule has 0 unspecified atom stereocenters. The highest BCUT2D eigenvalue weighted by Crippen LogP contribution is 2.13. The molecule has 128 valence electrons. The normalized spacial score (nSPS) is 10.4. The third-order valence-electron chi connectivity index (χ3n) is 3.38. The molecule has 8 nitrogen and oxygen atoms in total. The van der Waals surface area contributed by atoms with E-state index in [1.54, 1.807) is 7.11 Å². The van der Waals surface area contributed by atoms with Gasteiger partial charge in [-0.05, 0) is 30.5 Å². The van der Waals surface area contributed by atoms with Gasteiger partial charge in [0, 0.05) is 6.42 Å². The van der Waals surface area contributed by atoms with E-state index >= 15 is 0 Å². The van der Waals surface area contributed by atoms with Crippen LogP contribution in [0.15, 0.2) is 30.5 Å². The van der Waals surface area contributed by atoms with Crippen LogP contribution in [0.3, 0.4) is 0 Å². The summed E-state index contributed by atoms with van der Waals surface area (Å²) in [5, 5.41) is 18.9. The van der Waals surface area contributed by atoms with E-state index in [9.17, 15) is 9.59 Å². The molecule has 1 amide bonds. The second-order valence-electron chi connectivity index (χ2n) is 5.28. The van der Waals surface area contributed by atoms with E-state index in [2.05, 4.69) is 15.6 Å². The first kappa shape index (κ1) is 17.5. The summed E-state index contributed by atoms with van der Waals surface area (Å²) >= 11 is 0. The number of benzene rings is 1. The van der Waals surface area contributed by atoms with Crippen molar-refractivity contribution in [3.63, 3.8) is 0 Å². The molecule has 24 heavy (non-hydrogen) atoms. The molecular formula is C16H20N4O4. The lowest BCUT2D eigenvalue weighted by atomic mass is 10.1. The highest BCUT2D eigenvalue weighted by Gasteiger charge is 2.06. The number of hydrogen-bond acceptors (Lipinski definition) is 5.